The van der Waals surface area contributed by atoms with Gasteiger partial charge in [0.2, 0.25) is 11.9 Å². The fourth-order valence-electron chi connectivity index (χ4n) is 4.23. The van der Waals surface area contributed by atoms with Crippen molar-refractivity contribution in [3.05, 3.63) is 66.6 Å². The topological polar surface area (TPSA) is 106 Å². The Bertz CT molecular complexity index is 1470. The predicted octanol–water partition coefficient (Wildman–Crippen LogP) is 4.40. The number of benzene rings is 1. The molecule has 0 saturated carbocycles. The molecule has 0 unspecified atom stereocenters. The van der Waals surface area contributed by atoms with E-state index in [9.17, 15) is 4.79 Å². The van der Waals surface area contributed by atoms with Crippen LogP contribution in [-0.4, -0.2) is 63.7 Å². The zero-order valence-electron chi connectivity index (χ0n) is 20.4. The van der Waals surface area contributed by atoms with Gasteiger partial charge in [-0.1, -0.05) is 24.2 Å². The van der Waals surface area contributed by atoms with Gasteiger partial charge in [0.05, 0.1) is 47.1 Å². The number of likely N-dealkylation sites (N-methyl/N-ethyl adjacent to an activating group) is 1. The molecule has 5 rings (SSSR count). The van der Waals surface area contributed by atoms with Crippen molar-refractivity contribution in [2.75, 3.05) is 37.9 Å². The van der Waals surface area contributed by atoms with Crippen LogP contribution in [0.15, 0.2) is 61.6 Å². The lowest BCUT2D eigenvalue weighted by Gasteiger charge is -2.20. The number of fused-ring (bicyclic) bond motifs is 1. The molecule has 11 heteroatoms. The van der Waals surface area contributed by atoms with E-state index in [4.69, 9.17) is 21.1 Å². The highest BCUT2D eigenvalue weighted by Gasteiger charge is 2.24. The molecule has 0 spiro atoms. The highest BCUT2D eigenvalue weighted by Crippen LogP contribution is 2.39. The summed E-state index contributed by atoms with van der Waals surface area (Å²) in [6, 6.07) is 9.21. The average Bonchev–Trinajstić information content (AvgIpc) is 3.52. The highest BCUT2D eigenvalue weighted by atomic mass is 35.5. The smallest absolute Gasteiger partial charge is 0.247 e. The fourth-order valence-corrected chi connectivity index (χ4v) is 4.42. The van der Waals surface area contributed by atoms with Crippen molar-refractivity contribution in [1.82, 2.24) is 24.5 Å². The first-order chi connectivity index (χ1) is 17.9. The first-order valence-electron chi connectivity index (χ1n) is 11.7. The molecule has 1 aromatic carbocycles. The Labute approximate surface area is 218 Å². The third kappa shape index (κ3) is 5.20. The first-order valence-corrected chi connectivity index (χ1v) is 12.1. The second-order valence-electron chi connectivity index (χ2n) is 8.64. The number of amides is 1. The normalized spacial score (nSPS) is 15.5. The standard InChI is InChI=1S/C26H26ClN7O3/c1-4-24(35)30-20-11-19(22(36-3)12-23(20)37-16-8-10-33(2)15-16)31-26-28-14-18(27)25(32-26)17-13-29-34-9-6-5-7-21(17)34/h4-7,9,11-14,16H,1,8,10,15H2,2-3H3,(H,30,35)(H,28,31,32)/t16-/m1/s1. The third-order valence-corrected chi connectivity index (χ3v) is 6.34. The van der Waals surface area contributed by atoms with Gasteiger partial charge in [-0.3, -0.25) is 4.79 Å². The molecular formula is C26H26ClN7O3. The minimum Gasteiger partial charge on any atom is -0.494 e. The van der Waals surface area contributed by atoms with Crippen molar-refractivity contribution in [3.63, 3.8) is 0 Å². The number of ether oxygens (including phenoxy) is 2. The van der Waals surface area contributed by atoms with Crippen LogP contribution in [-0.2, 0) is 4.79 Å². The van der Waals surface area contributed by atoms with Crippen LogP contribution in [0.3, 0.4) is 0 Å². The summed E-state index contributed by atoms with van der Waals surface area (Å²) in [5.41, 5.74) is 3.17. The van der Waals surface area contributed by atoms with Crippen LogP contribution in [0.4, 0.5) is 17.3 Å². The van der Waals surface area contributed by atoms with Crippen LogP contribution in [0, 0.1) is 0 Å². The van der Waals surface area contributed by atoms with E-state index >= 15 is 0 Å². The summed E-state index contributed by atoms with van der Waals surface area (Å²) in [7, 11) is 3.60. The van der Waals surface area contributed by atoms with Gasteiger partial charge in [-0.15, -0.1) is 0 Å². The van der Waals surface area contributed by atoms with Crippen molar-refractivity contribution in [3.8, 4) is 22.8 Å². The summed E-state index contributed by atoms with van der Waals surface area (Å²) in [4.78, 5) is 23.4. The van der Waals surface area contributed by atoms with Gasteiger partial charge >= 0.3 is 0 Å². The van der Waals surface area contributed by atoms with Crippen LogP contribution in [0.25, 0.3) is 16.8 Å². The van der Waals surface area contributed by atoms with Gasteiger partial charge < -0.3 is 25.0 Å². The van der Waals surface area contributed by atoms with Crippen molar-refractivity contribution in [1.29, 1.82) is 0 Å². The molecule has 3 aromatic heterocycles. The second-order valence-corrected chi connectivity index (χ2v) is 9.04. The monoisotopic (exact) mass is 519 g/mol. The van der Waals surface area contributed by atoms with Gasteiger partial charge in [0, 0.05) is 30.9 Å². The number of carbonyl (C=O) groups excluding carboxylic acids is 1. The van der Waals surface area contributed by atoms with Crippen molar-refractivity contribution in [2.45, 2.75) is 12.5 Å². The SMILES string of the molecule is C=CC(=O)Nc1cc(Nc2ncc(Cl)c(-c3cnn4ccccc34)n2)c(OC)cc1O[C@@H]1CCN(C)C1. The largest absolute Gasteiger partial charge is 0.494 e. The molecule has 2 N–H and O–H groups in total. The molecule has 1 amide bonds. The van der Waals surface area contributed by atoms with E-state index in [1.54, 1.807) is 30.0 Å². The Balaban J connectivity index is 1.50. The first kappa shape index (κ1) is 24.5. The van der Waals surface area contributed by atoms with Gasteiger partial charge in [-0.25, -0.2) is 14.5 Å². The Morgan fingerprint density at radius 2 is 2.11 bits per heavy atom. The van der Waals surface area contributed by atoms with E-state index in [-0.39, 0.29) is 12.0 Å². The minimum atomic E-state index is -0.359. The van der Waals surface area contributed by atoms with Gasteiger partial charge in [-0.2, -0.15) is 5.10 Å². The molecule has 10 nitrogen and oxygen atoms in total. The lowest BCUT2D eigenvalue weighted by atomic mass is 10.2. The molecule has 37 heavy (non-hydrogen) atoms. The number of nitrogens with zero attached hydrogens (tertiary/aromatic N) is 5. The average molecular weight is 520 g/mol. The molecule has 0 radical (unpaired) electrons. The van der Waals surface area contributed by atoms with E-state index in [2.05, 4.69) is 37.2 Å². The zero-order chi connectivity index (χ0) is 25.9. The second kappa shape index (κ2) is 10.5. The lowest BCUT2D eigenvalue weighted by molar-refractivity contribution is -0.111. The molecule has 4 heterocycles. The molecule has 1 fully saturated rings. The van der Waals surface area contributed by atoms with Gasteiger partial charge in [0.25, 0.3) is 0 Å². The number of hydrogen-bond acceptors (Lipinski definition) is 8. The summed E-state index contributed by atoms with van der Waals surface area (Å²) in [5, 5.41) is 10.8. The van der Waals surface area contributed by atoms with Crippen molar-refractivity contribution >= 4 is 40.3 Å². The van der Waals surface area contributed by atoms with Crippen LogP contribution in [0.2, 0.25) is 5.02 Å². The van der Waals surface area contributed by atoms with E-state index in [1.165, 1.54) is 12.3 Å². The Morgan fingerprint density at radius 3 is 2.86 bits per heavy atom. The maximum atomic E-state index is 12.2. The molecule has 0 aliphatic carbocycles. The van der Waals surface area contributed by atoms with E-state index < -0.39 is 0 Å². The van der Waals surface area contributed by atoms with Crippen molar-refractivity contribution < 1.29 is 14.3 Å². The summed E-state index contributed by atoms with van der Waals surface area (Å²) < 4.78 is 13.6. The predicted molar refractivity (Wildman–Crippen MR) is 143 cm³/mol. The maximum Gasteiger partial charge on any atom is 0.247 e. The van der Waals surface area contributed by atoms with Crippen molar-refractivity contribution in [2.24, 2.45) is 0 Å². The third-order valence-electron chi connectivity index (χ3n) is 6.06. The number of methoxy groups -OCH3 is 1. The summed E-state index contributed by atoms with van der Waals surface area (Å²) in [5.74, 6) is 0.929. The number of hydrogen-bond donors (Lipinski definition) is 2. The van der Waals surface area contributed by atoms with Crippen LogP contribution in [0.5, 0.6) is 11.5 Å². The fraction of sp³-hybridized carbons (Fsp3) is 0.231. The number of anilines is 3. The summed E-state index contributed by atoms with van der Waals surface area (Å²) in [6.07, 6.45) is 7.18. The molecule has 4 aromatic rings. The summed E-state index contributed by atoms with van der Waals surface area (Å²) in [6.45, 7) is 5.29. The summed E-state index contributed by atoms with van der Waals surface area (Å²) >= 11 is 6.47. The van der Waals surface area contributed by atoms with E-state index in [1.807, 2.05) is 31.4 Å². The van der Waals surface area contributed by atoms with Gasteiger partial charge in [0.1, 0.15) is 17.6 Å². The quantitative estimate of drug-likeness (QED) is 0.330. The lowest BCUT2D eigenvalue weighted by Crippen LogP contribution is -2.22. The molecule has 1 aliphatic heterocycles. The number of rotatable bonds is 8. The van der Waals surface area contributed by atoms with Crippen LogP contribution >= 0.6 is 11.6 Å². The molecule has 190 valence electrons. The van der Waals surface area contributed by atoms with E-state index in [0.717, 1.165) is 30.6 Å². The van der Waals surface area contributed by atoms with Gasteiger partial charge in [0.15, 0.2) is 0 Å². The molecule has 1 atom stereocenters. The molecule has 1 saturated heterocycles. The number of aromatic nitrogens is 4. The molecule has 1 aliphatic rings. The zero-order valence-corrected chi connectivity index (χ0v) is 21.2. The minimum absolute atomic E-state index is 0.000836. The number of halogens is 1. The Hall–Kier alpha value is -4.15. The maximum absolute atomic E-state index is 12.2. The molecule has 0 bridgehead atoms. The number of carbonyl (C=O) groups is 1. The van der Waals surface area contributed by atoms with Crippen LogP contribution < -0.4 is 20.1 Å². The Morgan fingerprint density at radius 1 is 1.24 bits per heavy atom. The van der Waals surface area contributed by atoms with Gasteiger partial charge in [-0.05, 0) is 37.7 Å². The van der Waals surface area contributed by atoms with E-state index in [0.29, 0.717) is 39.5 Å². The number of likely N-dealkylation sites (tertiary alicyclic amines) is 1. The van der Waals surface area contributed by atoms with Crippen LogP contribution in [0.1, 0.15) is 6.42 Å². The number of nitrogens with one attached hydrogen (secondary N) is 2. The molecular weight excluding hydrogens is 494 g/mol. The highest BCUT2D eigenvalue weighted by molar-refractivity contribution is 6.33. The number of pyridine rings is 1. The Kier molecular flexibility index (Phi) is 6.93.